The number of sulfonamides is 1. The maximum atomic E-state index is 13.2. The highest BCUT2D eigenvalue weighted by Crippen LogP contribution is 2.31. The summed E-state index contributed by atoms with van der Waals surface area (Å²) < 4.78 is 41.0. The standard InChI is InChI=1S/C16H16BrFN2O3S2/c17-14-6-7-15(24-14)25(22,23)20-8-2-3-11(10-20)16(21)19-13-5-1-4-12(18)9-13/h1,4-7,9,11H,2-3,8,10H2,(H,19,21)/t11-/m0/s1. The van der Waals surface area contributed by atoms with E-state index in [0.29, 0.717) is 25.1 Å². The number of nitrogens with one attached hydrogen (secondary N) is 1. The van der Waals surface area contributed by atoms with E-state index in [4.69, 9.17) is 0 Å². The van der Waals surface area contributed by atoms with E-state index in [1.807, 2.05) is 0 Å². The molecule has 25 heavy (non-hydrogen) atoms. The highest BCUT2D eigenvalue weighted by molar-refractivity contribution is 9.11. The Kier molecular flexibility index (Phi) is 5.57. The fourth-order valence-corrected chi connectivity index (χ4v) is 6.44. The van der Waals surface area contributed by atoms with E-state index in [9.17, 15) is 17.6 Å². The van der Waals surface area contributed by atoms with Crippen molar-refractivity contribution < 1.29 is 17.6 Å². The van der Waals surface area contributed by atoms with Crippen molar-refractivity contribution in [1.29, 1.82) is 0 Å². The molecule has 0 unspecified atom stereocenters. The normalized spacial score (nSPS) is 18.9. The number of nitrogens with zero attached hydrogens (tertiary/aromatic N) is 1. The smallest absolute Gasteiger partial charge is 0.252 e. The Hall–Kier alpha value is -1.29. The number of hydrogen-bond acceptors (Lipinski definition) is 4. The largest absolute Gasteiger partial charge is 0.326 e. The Balaban J connectivity index is 1.71. The monoisotopic (exact) mass is 446 g/mol. The highest BCUT2D eigenvalue weighted by Gasteiger charge is 2.34. The van der Waals surface area contributed by atoms with E-state index in [-0.39, 0.29) is 16.7 Å². The number of benzene rings is 1. The van der Waals surface area contributed by atoms with Gasteiger partial charge in [-0.1, -0.05) is 6.07 Å². The molecular weight excluding hydrogens is 431 g/mol. The number of halogens is 2. The zero-order chi connectivity index (χ0) is 18.0. The Morgan fingerprint density at radius 1 is 1.32 bits per heavy atom. The summed E-state index contributed by atoms with van der Waals surface area (Å²) in [6, 6.07) is 8.89. The third kappa shape index (κ3) is 4.28. The van der Waals surface area contributed by atoms with Crippen LogP contribution in [0, 0.1) is 11.7 Å². The van der Waals surface area contributed by atoms with Crippen molar-refractivity contribution >= 4 is 48.9 Å². The van der Waals surface area contributed by atoms with Gasteiger partial charge in [-0.25, -0.2) is 12.8 Å². The predicted molar refractivity (Wildman–Crippen MR) is 98.5 cm³/mol. The van der Waals surface area contributed by atoms with Crippen LogP contribution in [0.5, 0.6) is 0 Å². The molecule has 0 spiro atoms. The lowest BCUT2D eigenvalue weighted by molar-refractivity contribution is -0.120. The first kappa shape index (κ1) is 18.5. The van der Waals surface area contributed by atoms with Crippen molar-refractivity contribution in [2.75, 3.05) is 18.4 Å². The van der Waals surface area contributed by atoms with Gasteiger partial charge in [-0.05, 0) is 59.1 Å². The summed E-state index contributed by atoms with van der Waals surface area (Å²) in [5.74, 6) is -1.19. The molecule has 3 rings (SSSR count). The molecule has 1 amide bonds. The molecule has 1 aromatic carbocycles. The molecule has 1 atom stereocenters. The second-order valence-electron chi connectivity index (χ2n) is 5.76. The van der Waals surface area contributed by atoms with E-state index >= 15 is 0 Å². The van der Waals surface area contributed by atoms with Crippen LogP contribution in [0.3, 0.4) is 0 Å². The third-order valence-corrected chi connectivity index (χ3v) is 7.95. The molecule has 1 saturated heterocycles. The number of anilines is 1. The molecule has 1 N–H and O–H groups in total. The number of carbonyl (C=O) groups excluding carboxylic acids is 1. The Morgan fingerprint density at radius 2 is 2.12 bits per heavy atom. The zero-order valence-corrected chi connectivity index (χ0v) is 16.3. The number of carbonyl (C=O) groups is 1. The molecule has 1 aliphatic rings. The lowest BCUT2D eigenvalue weighted by Crippen LogP contribution is -2.43. The van der Waals surface area contributed by atoms with Gasteiger partial charge in [0, 0.05) is 18.8 Å². The SMILES string of the molecule is O=C(Nc1cccc(F)c1)[C@H]1CCCN(S(=O)(=O)c2ccc(Br)s2)C1. The van der Waals surface area contributed by atoms with Crippen LogP contribution in [-0.2, 0) is 14.8 Å². The number of rotatable bonds is 4. The lowest BCUT2D eigenvalue weighted by Gasteiger charge is -2.30. The maximum Gasteiger partial charge on any atom is 0.252 e. The van der Waals surface area contributed by atoms with Crippen LogP contribution in [0.15, 0.2) is 44.4 Å². The van der Waals surface area contributed by atoms with Gasteiger partial charge >= 0.3 is 0 Å². The van der Waals surface area contributed by atoms with Crippen LogP contribution in [0.1, 0.15) is 12.8 Å². The van der Waals surface area contributed by atoms with Crippen LogP contribution >= 0.6 is 27.3 Å². The highest BCUT2D eigenvalue weighted by atomic mass is 79.9. The number of thiophene rings is 1. The van der Waals surface area contributed by atoms with E-state index in [1.165, 1.54) is 22.5 Å². The first-order chi connectivity index (χ1) is 11.9. The number of amides is 1. The summed E-state index contributed by atoms with van der Waals surface area (Å²) in [7, 11) is -3.61. The Bertz CT molecular complexity index is 885. The number of piperidine rings is 1. The lowest BCUT2D eigenvalue weighted by atomic mass is 9.99. The van der Waals surface area contributed by atoms with Gasteiger partial charge in [0.25, 0.3) is 10.0 Å². The molecule has 1 aliphatic heterocycles. The van der Waals surface area contributed by atoms with Gasteiger partial charge < -0.3 is 5.32 Å². The van der Waals surface area contributed by atoms with Crippen molar-refractivity contribution in [2.45, 2.75) is 17.1 Å². The molecule has 5 nitrogen and oxygen atoms in total. The second-order valence-corrected chi connectivity index (χ2v) is 10.4. The van der Waals surface area contributed by atoms with Crippen molar-refractivity contribution in [2.24, 2.45) is 5.92 Å². The van der Waals surface area contributed by atoms with Gasteiger partial charge in [0.15, 0.2) is 0 Å². The molecule has 134 valence electrons. The molecule has 0 aliphatic carbocycles. The first-order valence-electron chi connectivity index (χ1n) is 7.68. The number of hydrogen-bond donors (Lipinski definition) is 1. The third-order valence-electron chi connectivity index (χ3n) is 3.99. The fourth-order valence-electron chi connectivity index (χ4n) is 2.75. The minimum Gasteiger partial charge on any atom is -0.326 e. The molecule has 2 aromatic rings. The minimum absolute atomic E-state index is 0.124. The van der Waals surface area contributed by atoms with Crippen LogP contribution in [0.25, 0.3) is 0 Å². The Labute approximate surface area is 158 Å². The molecular formula is C16H16BrFN2O3S2. The second kappa shape index (κ2) is 7.53. The van der Waals surface area contributed by atoms with Crippen LogP contribution < -0.4 is 5.32 Å². The van der Waals surface area contributed by atoms with Crippen LogP contribution in [0.2, 0.25) is 0 Å². The van der Waals surface area contributed by atoms with Crippen molar-refractivity contribution in [3.8, 4) is 0 Å². The quantitative estimate of drug-likeness (QED) is 0.778. The molecule has 2 heterocycles. The van der Waals surface area contributed by atoms with E-state index in [1.54, 1.807) is 18.2 Å². The molecule has 1 aromatic heterocycles. The average molecular weight is 447 g/mol. The first-order valence-corrected chi connectivity index (χ1v) is 10.7. The molecule has 0 bridgehead atoms. The summed E-state index contributed by atoms with van der Waals surface area (Å²) in [5, 5.41) is 2.66. The van der Waals surface area contributed by atoms with Gasteiger partial charge in [0.2, 0.25) is 5.91 Å². The van der Waals surface area contributed by atoms with Gasteiger partial charge in [-0.3, -0.25) is 4.79 Å². The zero-order valence-electron chi connectivity index (χ0n) is 13.1. The molecule has 0 radical (unpaired) electrons. The van der Waals surface area contributed by atoms with Gasteiger partial charge in [0.1, 0.15) is 10.0 Å². The summed E-state index contributed by atoms with van der Waals surface area (Å²) >= 11 is 4.41. The van der Waals surface area contributed by atoms with Crippen LogP contribution in [0.4, 0.5) is 10.1 Å². The molecule has 1 fully saturated rings. The van der Waals surface area contributed by atoms with E-state index < -0.39 is 21.8 Å². The van der Waals surface area contributed by atoms with Gasteiger partial charge in [-0.15, -0.1) is 11.3 Å². The van der Waals surface area contributed by atoms with E-state index in [2.05, 4.69) is 21.2 Å². The average Bonchev–Trinajstić information content (AvgIpc) is 3.02. The topological polar surface area (TPSA) is 66.5 Å². The summed E-state index contributed by atoms with van der Waals surface area (Å²) in [4.78, 5) is 12.4. The Morgan fingerprint density at radius 3 is 2.80 bits per heavy atom. The fraction of sp³-hybridized carbons (Fsp3) is 0.312. The minimum atomic E-state index is -3.61. The maximum absolute atomic E-state index is 13.2. The molecule has 9 heteroatoms. The van der Waals surface area contributed by atoms with Gasteiger partial charge in [-0.2, -0.15) is 4.31 Å². The van der Waals surface area contributed by atoms with E-state index in [0.717, 1.165) is 15.1 Å². The van der Waals surface area contributed by atoms with Crippen molar-refractivity contribution in [3.05, 3.63) is 46.0 Å². The van der Waals surface area contributed by atoms with Crippen molar-refractivity contribution in [1.82, 2.24) is 4.31 Å². The summed E-state index contributed by atoms with van der Waals surface area (Å²) in [6.45, 7) is 0.514. The summed E-state index contributed by atoms with van der Waals surface area (Å²) in [6.07, 6.45) is 1.20. The van der Waals surface area contributed by atoms with Crippen LogP contribution in [-0.4, -0.2) is 31.7 Å². The van der Waals surface area contributed by atoms with Gasteiger partial charge in [0.05, 0.1) is 9.70 Å². The van der Waals surface area contributed by atoms with Crippen molar-refractivity contribution in [3.63, 3.8) is 0 Å². The molecule has 0 saturated carbocycles. The predicted octanol–water partition coefficient (Wildman–Crippen LogP) is 3.69. The summed E-state index contributed by atoms with van der Waals surface area (Å²) in [5.41, 5.74) is 0.368.